The number of benzene rings is 2. The van der Waals surface area contributed by atoms with Gasteiger partial charge in [0, 0.05) is 29.1 Å². The molecule has 8 heteroatoms. The first-order valence-corrected chi connectivity index (χ1v) is 13.2. The predicted molar refractivity (Wildman–Crippen MR) is 142 cm³/mol. The fourth-order valence-electron chi connectivity index (χ4n) is 4.99. The molecule has 192 valence electrons. The lowest BCUT2D eigenvalue weighted by Gasteiger charge is -2.30. The molecule has 6 rings (SSSR count). The van der Waals surface area contributed by atoms with Crippen molar-refractivity contribution >= 4 is 22.7 Å². The van der Waals surface area contributed by atoms with Crippen LogP contribution in [0.15, 0.2) is 47.0 Å². The number of carbonyl (C=O) groups is 1. The fraction of sp³-hybridized carbons (Fsp3) is 0.414. The molecule has 2 heterocycles. The average Bonchev–Trinajstić information content (AvgIpc) is 3.49. The number of aromatic nitrogens is 3. The molecule has 2 aliphatic rings. The number of nitrogens with zero attached hydrogens (tertiary/aromatic N) is 3. The van der Waals surface area contributed by atoms with Gasteiger partial charge >= 0.3 is 6.09 Å². The van der Waals surface area contributed by atoms with E-state index >= 15 is 0 Å². The van der Waals surface area contributed by atoms with Crippen LogP contribution in [0.4, 0.5) is 10.5 Å². The van der Waals surface area contributed by atoms with Crippen molar-refractivity contribution in [2.24, 2.45) is 0 Å². The molecule has 1 N–H and O–H groups in total. The van der Waals surface area contributed by atoms with E-state index in [2.05, 4.69) is 27.2 Å². The second kappa shape index (κ2) is 9.57. The van der Waals surface area contributed by atoms with Crippen LogP contribution in [0.2, 0.25) is 0 Å². The Morgan fingerprint density at radius 1 is 1.14 bits per heavy atom. The lowest BCUT2D eigenvalue weighted by atomic mass is 9.92. The predicted octanol–water partition coefficient (Wildman–Crippen LogP) is 7.32. The summed E-state index contributed by atoms with van der Waals surface area (Å²) in [7, 11) is 0. The Balaban J connectivity index is 1.49. The van der Waals surface area contributed by atoms with Gasteiger partial charge in [0.2, 0.25) is 0 Å². The third-order valence-corrected chi connectivity index (χ3v) is 7.07. The number of fused-ring (bicyclic) bond motifs is 1. The van der Waals surface area contributed by atoms with Gasteiger partial charge in [-0.3, -0.25) is 5.32 Å². The van der Waals surface area contributed by atoms with Crippen LogP contribution in [0.1, 0.15) is 70.7 Å². The van der Waals surface area contributed by atoms with Gasteiger partial charge in [0.1, 0.15) is 5.75 Å². The first-order chi connectivity index (χ1) is 18.0. The van der Waals surface area contributed by atoms with Crippen LogP contribution < -0.4 is 10.1 Å². The van der Waals surface area contributed by atoms with Gasteiger partial charge < -0.3 is 18.6 Å². The van der Waals surface area contributed by atoms with E-state index in [0.29, 0.717) is 30.1 Å². The van der Waals surface area contributed by atoms with Gasteiger partial charge in [0.05, 0.1) is 29.5 Å². The normalized spacial score (nSPS) is 15.7. The zero-order valence-electron chi connectivity index (χ0n) is 21.5. The van der Waals surface area contributed by atoms with E-state index < -0.39 is 6.09 Å². The fourth-order valence-corrected chi connectivity index (χ4v) is 4.99. The monoisotopic (exact) mass is 500 g/mol. The molecule has 37 heavy (non-hydrogen) atoms. The van der Waals surface area contributed by atoms with E-state index in [-0.39, 0.29) is 6.10 Å². The third-order valence-electron chi connectivity index (χ3n) is 7.07. The second-order valence-corrected chi connectivity index (χ2v) is 10.2. The summed E-state index contributed by atoms with van der Waals surface area (Å²) < 4.78 is 19.4. The molecule has 2 fully saturated rings. The van der Waals surface area contributed by atoms with Crippen LogP contribution in [0, 0.1) is 0 Å². The molecule has 0 atom stereocenters. The van der Waals surface area contributed by atoms with Crippen molar-refractivity contribution in [2.45, 2.75) is 70.9 Å². The lowest BCUT2D eigenvalue weighted by Crippen LogP contribution is -2.18. The summed E-state index contributed by atoms with van der Waals surface area (Å²) in [5.74, 6) is 2.59. The van der Waals surface area contributed by atoms with E-state index in [1.54, 1.807) is 0 Å². The topological polar surface area (TPSA) is 91.4 Å². The molecule has 2 aromatic carbocycles. The van der Waals surface area contributed by atoms with Crippen LogP contribution in [-0.2, 0) is 4.74 Å². The van der Waals surface area contributed by atoms with Gasteiger partial charge in [-0.2, -0.15) is 4.98 Å². The summed E-state index contributed by atoms with van der Waals surface area (Å²) in [5, 5.41) is 8.19. The molecular weight excluding hydrogens is 468 g/mol. The number of anilines is 1. The summed E-state index contributed by atoms with van der Waals surface area (Å²) in [5.41, 5.74) is 4.80. The van der Waals surface area contributed by atoms with Crippen molar-refractivity contribution in [1.82, 2.24) is 14.7 Å². The number of hydrogen-bond donors (Lipinski definition) is 1. The summed E-state index contributed by atoms with van der Waals surface area (Å²) in [6.45, 7) is 6.26. The molecule has 2 aromatic heterocycles. The molecule has 0 bridgehead atoms. The maximum absolute atomic E-state index is 12.1. The molecule has 2 saturated carbocycles. The van der Waals surface area contributed by atoms with Crippen molar-refractivity contribution in [3.8, 4) is 28.5 Å². The summed E-state index contributed by atoms with van der Waals surface area (Å²) in [6.07, 6.45) is 5.02. The molecule has 2 aliphatic carbocycles. The number of hydrogen-bond acceptors (Lipinski definition) is 6. The Morgan fingerprint density at radius 3 is 2.57 bits per heavy atom. The summed E-state index contributed by atoms with van der Waals surface area (Å²) in [6, 6.07) is 14.5. The van der Waals surface area contributed by atoms with Crippen LogP contribution >= 0.6 is 0 Å². The van der Waals surface area contributed by atoms with Crippen LogP contribution in [0.5, 0.6) is 5.75 Å². The third kappa shape index (κ3) is 4.56. The number of amides is 1. The Kier molecular flexibility index (Phi) is 6.10. The van der Waals surface area contributed by atoms with Gasteiger partial charge in [0.15, 0.2) is 5.82 Å². The van der Waals surface area contributed by atoms with E-state index in [0.717, 1.165) is 65.0 Å². The van der Waals surface area contributed by atoms with Gasteiger partial charge in [-0.25, -0.2) is 4.79 Å². The Morgan fingerprint density at radius 2 is 1.92 bits per heavy atom. The highest BCUT2D eigenvalue weighted by molar-refractivity contribution is 6.03. The lowest BCUT2D eigenvalue weighted by molar-refractivity contribution is 0.130. The number of ether oxygens (including phenoxy) is 2. The number of rotatable bonds is 8. The van der Waals surface area contributed by atoms with Crippen molar-refractivity contribution in [2.75, 3.05) is 11.9 Å². The molecule has 8 nitrogen and oxygen atoms in total. The quantitative estimate of drug-likeness (QED) is 0.273. The standard InChI is InChI=1S/C29H32N4O4/c1-4-35-22-14-15-23-24(16-22)33(21-6-5-7-21)26(25(23)28-31-27(32-37-28)19-8-9-19)18-10-12-20(13-11-18)30-29(34)36-17(2)3/h10-17,19,21H,4-9H2,1-3H3,(H,30,34). The minimum atomic E-state index is -0.464. The highest BCUT2D eigenvalue weighted by Crippen LogP contribution is 2.48. The average molecular weight is 501 g/mol. The van der Waals surface area contributed by atoms with Gasteiger partial charge in [-0.15, -0.1) is 0 Å². The Labute approximate surface area is 216 Å². The molecule has 0 saturated heterocycles. The van der Waals surface area contributed by atoms with E-state index in [1.807, 2.05) is 51.1 Å². The van der Waals surface area contributed by atoms with Gasteiger partial charge in [0.25, 0.3) is 5.89 Å². The zero-order chi connectivity index (χ0) is 25.5. The minimum absolute atomic E-state index is 0.184. The SMILES string of the molecule is CCOc1ccc2c(-c3nc(C4CC4)no3)c(-c3ccc(NC(=O)OC(C)C)cc3)n(C3CCC3)c2c1. The van der Waals surface area contributed by atoms with Crippen LogP contribution in [0.3, 0.4) is 0 Å². The summed E-state index contributed by atoms with van der Waals surface area (Å²) in [4.78, 5) is 16.9. The van der Waals surface area contributed by atoms with Crippen molar-refractivity contribution in [3.63, 3.8) is 0 Å². The molecule has 4 aromatic rings. The maximum Gasteiger partial charge on any atom is 0.411 e. The smallest absolute Gasteiger partial charge is 0.411 e. The molecule has 0 radical (unpaired) electrons. The minimum Gasteiger partial charge on any atom is -0.494 e. The van der Waals surface area contributed by atoms with Crippen molar-refractivity contribution < 1.29 is 18.8 Å². The first-order valence-electron chi connectivity index (χ1n) is 13.2. The van der Waals surface area contributed by atoms with Crippen molar-refractivity contribution in [1.29, 1.82) is 0 Å². The van der Waals surface area contributed by atoms with Gasteiger partial charge in [-0.05, 0) is 82.7 Å². The molecule has 1 amide bonds. The molecule has 0 spiro atoms. The zero-order valence-corrected chi connectivity index (χ0v) is 21.5. The second-order valence-electron chi connectivity index (χ2n) is 10.2. The van der Waals surface area contributed by atoms with Crippen LogP contribution in [-0.4, -0.2) is 33.5 Å². The Hall–Kier alpha value is -3.81. The molecule has 0 unspecified atom stereocenters. The van der Waals surface area contributed by atoms with E-state index in [4.69, 9.17) is 19.0 Å². The van der Waals surface area contributed by atoms with E-state index in [9.17, 15) is 4.79 Å². The van der Waals surface area contributed by atoms with Crippen molar-refractivity contribution in [3.05, 3.63) is 48.3 Å². The highest BCUT2D eigenvalue weighted by Gasteiger charge is 2.33. The first kappa shape index (κ1) is 23.6. The maximum atomic E-state index is 12.1. The molecule has 0 aliphatic heterocycles. The van der Waals surface area contributed by atoms with Crippen LogP contribution in [0.25, 0.3) is 33.6 Å². The Bertz CT molecular complexity index is 1430. The largest absolute Gasteiger partial charge is 0.494 e. The number of carbonyl (C=O) groups excluding carboxylic acids is 1. The van der Waals surface area contributed by atoms with E-state index in [1.165, 1.54) is 6.42 Å². The van der Waals surface area contributed by atoms with Gasteiger partial charge in [-0.1, -0.05) is 17.3 Å². The summed E-state index contributed by atoms with van der Waals surface area (Å²) >= 11 is 0. The molecular formula is C29H32N4O4. The highest BCUT2D eigenvalue weighted by atomic mass is 16.6. The number of nitrogens with one attached hydrogen (secondary N) is 1.